The molecule has 1 aromatic heterocycles. The van der Waals surface area contributed by atoms with Crippen LogP contribution in [-0.4, -0.2) is 29.4 Å². The van der Waals surface area contributed by atoms with E-state index < -0.39 is 11.6 Å². The molecule has 0 aliphatic heterocycles. The molecule has 2 aromatic rings. The number of ether oxygens (including phenoxy) is 2. The van der Waals surface area contributed by atoms with Crippen LogP contribution in [0.4, 0.5) is 0 Å². The van der Waals surface area contributed by atoms with Crippen LogP contribution >= 0.6 is 0 Å². The molecule has 0 atom stereocenters. The van der Waals surface area contributed by atoms with Crippen molar-refractivity contribution in [2.45, 2.75) is 64.7 Å². The number of hydrogen-bond donors (Lipinski definition) is 2. The van der Waals surface area contributed by atoms with Crippen molar-refractivity contribution in [1.82, 2.24) is 0 Å². The van der Waals surface area contributed by atoms with Crippen LogP contribution in [0.1, 0.15) is 64.7 Å². The number of benzene rings is 1. The minimum Gasteiger partial charge on any atom is -0.504 e. The highest BCUT2D eigenvalue weighted by molar-refractivity contribution is 5.89. The molecule has 0 aliphatic rings. The average Bonchev–Trinajstić information content (AvgIpc) is 2.69. The van der Waals surface area contributed by atoms with E-state index in [9.17, 15) is 14.7 Å². The molecule has 0 amide bonds. The van der Waals surface area contributed by atoms with E-state index >= 15 is 0 Å². The van der Waals surface area contributed by atoms with E-state index in [1.165, 1.54) is 19.3 Å². The van der Waals surface area contributed by atoms with Gasteiger partial charge in [0.1, 0.15) is 0 Å². The van der Waals surface area contributed by atoms with E-state index in [4.69, 9.17) is 19.0 Å². The van der Waals surface area contributed by atoms with E-state index in [1.54, 1.807) is 18.2 Å². The third-order valence-electron chi connectivity index (χ3n) is 4.62. The lowest BCUT2D eigenvalue weighted by atomic mass is 10.1. The molecule has 160 valence electrons. The topological polar surface area (TPSA) is 106 Å². The van der Waals surface area contributed by atoms with Crippen LogP contribution in [0.5, 0.6) is 17.2 Å². The van der Waals surface area contributed by atoms with Crippen LogP contribution in [0.15, 0.2) is 27.4 Å². The molecule has 7 heteroatoms. The Kier molecular flexibility index (Phi) is 9.34. The molecule has 0 saturated carbocycles. The highest BCUT2D eigenvalue weighted by Crippen LogP contribution is 2.35. The third kappa shape index (κ3) is 7.00. The minimum absolute atomic E-state index is 0.0775. The first-order valence-corrected chi connectivity index (χ1v) is 10.3. The first kappa shape index (κ1) is 22.6. The molecule has 29 heavy (non-hydrogen) atoms. The van der Waals surface area contributed by atoms with Crippen molar-refractivity contribution in [2.75, 3.05) is 13.2 Å². The molecule has 1 heterocycles. The standard InChI is InChI=1S/C22H30O7/c1-2-3-4-5-6-8-15-28-21-19(25)16-11-10-12-17(20(16)29-22(21)26)27-14-9-7-13-18(23)24/h10-12,25H,2-9,13-15H2,1H3,(H,23,24). The number of aliphatic carboxylic acids is 1. The summed E-state index contributed by atoms with van der Waals surface area (Å²) in [6, 6.07) is 4.95. The molecule has 0 bridgehead atoms. The number of hydrogen-bond acceptors (Lipinski definition) is 6. The minimum atomic E-state index is -0.848. The second-order valence-corrected chi connectivity index (χ2v) is 7.02. The zero-order valence-electron chi connectivity index (χ0n) is 16.9. The van der Waals surface area contributed by atoms with Crippen LogP contribution < -0.4 is 15.1 Å². The van der Waals surface area contributed by atoms with Gasteiger partial charge in [0, 0.05) is 6.42 Å². The normalized spacial score (nSPS) is 10.9. The van der Waals surface area contributed by atoms with Gasteiger partial charge in [0.25, 0.3) is 0 Å². The number of unbranched alkanes of at least 4 members (excludes halogenated alkanes) is 6. The van der Waals surface area contributed by atoms with Crippen LogP contribution in [0.2, 0.25) is 0 Å². The summed E-state index contributed by atoms with van der Waals surface area (Å²) in [5, 5.41) is 19.5. The van der Waals surface area contributed by atoms with E-state index in [0.29, 0.717) is 30.6 Å². The van der Waals surface area contributed by atoms with Crippen molar-refractivity contribution in [3.05, 3.63) is 28.6 Å². The number of para-hydroxylation sites is 1. The van der Waals surface area contributed by atoms with Crippen molar-refractivity contribution in [3.63, 3.8) is 0 Å². The summed E-state index contributed by atoms with van der Waals surface area (Å²) in [5.74, 6) is -0.949. The van der Waals surface area contributed by atoms with Gasteiger partial charge in [-0.15, -0.1) is 0 Å². The van der Waals surface area contributed by atoms with Gasteiger partial charge in [0.05, 0.1) is 18.6 Å². The van der Waals surface area contributed by atoms with Crippen LogP contribution in [0, 0.1) is 0 Å². The first-order chi connectivity index (χ1) is 14.0. The molecule has 0 unspecified atom stereocenters. The van der Waals surface area contributed by atoms with Gasteiger partial charge in [-0.1, -0.05) is 45.1 Å². The summed E-state index contributed by atoms with van der Waals surface area (Å²) in [7, 11) is 0. The van der Waals surface area contributed by atoms with E-state index in [0.717, 1.165) is 19.3 Å². The Labute approximate surface area is 170 Å². The highest BCUT2D eigenvalue weighted by atomic mass is 16.5. The van der Waals surface area contributed by atoms with Gasteiger partial charge in [-0.25, -0.2) is 4.79 Å². The SMILES string of the molecule is CCCCCCCCOc1c(O)c2cccc(OCCCCC(=O)O)c2oc1=O. The second-order valence-electron chi connectivity index (χ2n) is 7.02. The fraction of sp³-hybridized carbons (Fsp3) is 0.545. The molecule has 0 radical (unpaired) electrons. The second kappa shape index (κ2) is 12.0. The molecular formula is C22H30O7. The molecule has 0 aliphatic carbocycles. The largest absolute Gasteiger partial charge is 0.504 e. The zero-order valence-corrected chi connectivity index (χ0v) is 16.9. The van der Waals surface area contributed by atoms with Gasteiger partial charge in [0.2, 0.25) is 5.75 Å². The Morgan fingerprint density at radius 2 is 1.69 bits per heavy atom. The summed E-state index contributed by atoms with van der Waals surface area (Å²) in [6.07, 6.45) is 7.68. The van der Waals surface area contributed by atoms with Gasteiger partial charge in [-0.2, -0.15) is 0 Å². The summed E-state index contributed by atoms with van der Waals surface area (Å²) in [4.78, 5) is 22.8. The Balaban J connectivity index is 1.99. The molecule has 0 saturated heterocycles. The molecule has 2 rings (SSSR count). The zero-order chi connectivity index (χ0) is 21.1. The van der Waals surface area contributed by atoms with E-state index in [2.05, 4.69) is 6.92 Å². The molecular weight excluding hydrogens is 376 g/mol. The lowest BCUT2D eigenvalue weighted by Crippen LogP contribution is -2.09. The summed E-state index contributed by atoms with van der Waals surface area (Å²) >= 11 is 0. The number of carboxylic acid groups (broad SMARTS) is 1. The number of fused-ring (bicyclic) bond motifs is 1. The van der Waals surface area contributed by atoms with Crippen molar-refractivity contribution in [3.8, 4) is 17.2 Å². The third-order valence-corrected chi connectivity index (χ3v) is 4.62. The van der Waals surface area contributed by atoms with Gasteiger partial charge in [-0.05, 0) is 31.4 Å². The highest BCUT2D eigenvalue weighted by Gasteiger charge is 2.18. The molecule has 1 aromatic carbocycles. The van der Waals surface area contributed by atoms with Gasteiger partial charge >= 0.3 is 11.6 Å². The number of carbonyl (C=O) groups is 1. The number of carboxylic acids is 1. The van der Waals surface area contributed by atoms with Crippen LogP contribution in [0.25, 0.3) is 11.0 Å². The van der Waals surface area contributed by atoms with Gasteiger partial charge in [-0.3, -0.25) is 4.79 Å². The Hall–Kier alpha value is -2.70. The molecule has 2 N–H and O–H groups in total. The quantitative estimate of drug-likeness (QED) is 0.340. The lowest BCUT2D eigenvalue weighted by molar-refractivity contribution is -0.137. The number of rotatable bonds is 14. The fourth-order valence-corrected chi connectivity index (χ4v) is 3.02. The first-order valence-electron chi connectivity index (χ1n) is 10.3. The monoisotopic (exact) mass is 406 g/mol. The smallest absolute Gasteiger partial charge is 0.383 e. The van der Waals surface area contributed by atoms with E-state index in [1.807, 2.05) is 0 Å². The predicted molar refractivity (Wildman–Crippen MR) is 110 cm³/mol. The maximum Gasteiger partial charge on any atom is 0.383 e. The van der Waals surface area contributed by atoms with Crippen molar-refractivity contribution in [1.29, 1.82) is 0 Å². The van der Waals surface area contributed by atoms with Crippen LogP contribution in [-0.2, 0) is 4.79 Å². The summed E-state index contributed by atoms with van der Waals surface area (Å²) in [6.45, 7) is 2.80. The summed E-state index contributed by atoms with van der Waals surface area (Å²) in [5.41, 5.74) is -0.594. The maximum atomic E-state index is 12.3. The summed E-state index contributed by atoms with van der Waals surface area (Å²) < 4.78 is 16.5. The molecule has 7 nitrogen and oxygen atoms in total. The Morgan fingerprint density at radius 3 is 2.45 bits per heavy atom. The molecule has 0 fully saturated rings. The predicted octanol–water partition coefficient (Wildman–Crippen LogP) is 4.87. The average molecular weight is 406 g/mol. The Bertz CT molecular complexity index is 841. The van der Waals surface area contributed by atoms with Crippen molar-refractivity contribution >= 4 is 16.9 Å². The lowest BCUT2D eigenvalue weighted by Gasteiger charge is -2.11. The maximum absolute atomic E-state index is 12.3. The van der Waals surface area contributed by atoms with Crippen molar-refractivity contribution in [2.24, 2.45) is 0 Å². The van der Waals surface area contributed by atoms with Gasteiger partial charge in [0.15, 0.2) is 17.1 Å². The van der Waals surface area contributed by atoms with Crippen LogP contribution in [0.3, 0.4) is 0 Å². The van der Waals surface area contributed by atoms with Crippen molar-refractivity contribution < 1.29 is 28.9 Å². The molecule has 0 spiro atoms. The van der Waals surface area contributed by atoms with Gasteiger partial charge < -0.3 is 24.1 Å². The van der Waals surface area contributed by atoms with E-state index in [-0.39, 0.29) is 30.1 Å². The Morgan fingerprint density at radius 1 is 1.00 bits per heavy atom. The number of aromatic hydroxyl groups is 1. The fourth-order valence-electron chi connectivity index (χ4n) is 3.02.